The summed E-state index contributed by atoms with van der Waals surface area (Å²) in [4.78, 5) is 2.55. The van der Waals surface area contributed by atoms with Crippen molar-refractivity contribution in [1.29, 1.82) is 0 Å². The summed E-state index contributed by atoms with van der Waals surface area (Å²) in [5, 5.41) is 7.82. The van der Waals surface area contributed by atoms with E-state index in [0.29, 0.717) is 12.1 Å². The summed E-state index contributed by atoms with van der Waals surface area (Å²) in [6.45, 7) is 8.00. The Morgan fingerprint density at radius 3 is 3.00 bits per heavy atom. The van der Waals surface area contributed by atoms with Gasteiger partial charge >= 0.3 is 0 Å². The molecule has 96 valence electrons. The van der Waals surface area contributed by atoms with E-state index in [-0.39, 0.29) is 0 Å². The Balaban J connectivity index is 1.73. The molecule has 0 radical (unpaired) electrons. The van der Waals surface area contributed by atoms with Crippen LogP contribution in [0.25, 0.3) is 0 Å². The number of aromatic nitrogens is 2. The van der Waals surface area contributed by atoms with Crippen molar-refractivity contribution in [3.05, 3.63) is 18.0 Å². The first kappa shape index (κ1) is 12.6. The Hall–Kier alpha value is -0.870. The molecule has 1 unspecified atom stereocenters. The van der Waals surface area contributed by atoms with Crippen molar-refractivity contribution in [1.82, 2.24) is 20.0 Å². The second-order valence-corrected chi connectivity index (χ2v) is 5.30. The number of aryl methyl sites for hydroxylation is 1. The summed E-state index contributed by atoms with van der Waals surface area (Å²) < 4.78 is 1.97. The molecule has 0 spiro atoms. The second-order valence-electron chi connectivity index (χ2n) is 5.30. The van der Waals surface area contributed by atoms with Gasteiger partial charge in [0.25, 0.3) is 0 Å². The van der Waals surface area contributed by atoms with Gasteiger partial charge in [-0.05, 0) is 19.0 Å². The van der Waals surface area contributed by atoms with E-state index >= 15 is 0 Å². The molecule has 2 rings (SSSR count). The molecule has 1 fully saturated rings. The number of hydrogen-bond donors (Lipinski definition) is 1. The van der Waals surface area contributed by atoms with Crippen molar-refractivity contribution in [3.63, 3.8) is 0 Å². The molecule has 1 aromatic rings. The smallest absolute Gasteiger partial charge is 0.0492 e. The van der Waals surface area contributed by atoms with E-state index in [2.05, 4.69) is 35.2 Å². The number of nitrogens with one attached hydrogen (secondary N) is 1. The average molecular weight is 236 g/mol. The minimum Gasteiger partial charge on any atom is -0.310 e. The molecule has 1 saturated heterocycles. The minimum atomic E-state index is 0.594. The molecule has 1 atom stereocenters. The average Bonchev–Trinajstić information content (AvgIpc) is 2.84. The summed E-state index contributed by atoms with van der Waals surface area (Å²) in [7, 11) is 2.02. The largest absolute Gasteiger partial charge is 0.310 e. The standard InChI is InChI=1S/C13H24N4/c1-11(2)15-12-5-8-17(10-12)9-6-13-4-7-14-16(13)3/h4,7,11-12,15H,5-6,8-10H2,1-3H3. The van der Waals surface area contributed by atoms with Gasteiger partial charge in [0.1, 0.15) is 0 Å². The molecular weight excluding hydrogens is 212 g/mol. The molecule has 4 heteroatoms. The van der Waals surface area contributed by atoms with Gasteiger partial charge in [-0.15, -0.1) is 0 Å². The monoisotopic (exact) mass is 236 g/mol. The summed E-state index contributed by atoms with van der Waals surface area (Å²) in [5.41, 5.74) is 1.32. The van der Waals surface area contributed by atoms with Crippen LogP contribution < -0.4 is 5.32 Å². The molecule has 1 aliphatic heterocycles. The van der Waals surface area contributed by atoms with Crippen molar-refractivity contribution >= 4 is 0 Å². The minimum absolute atomic E-state index is 0.594. The summed E-state index contributed by atoms with van der Waals surface area (Å²) in [5.74, 6) is 0. The van der Waals surface area contributed by atoms with Gasteiger partial charge in [-0.1, -0.05) is 13.8 Å². The van der Waals surface area contributed by atoms with E-state index in [0.717, 1.165) is 13.0 Å². The van der Waals surface area contributed by atoms with Gasteiger partial charge < -0.3 is 10.2 Å². The highest BCUT2D eigenvalue weighted by Gasteiger charge is 2.22. The maximum Gasteiger partial charge on any atom is 0.0492 e. The zero-order valence-corrected chi connectivity index (χ0v) is 11.2. The van der Waals surface area contributed by atoms with E-state index in [1.165, 1.54) is 25.2 Å². The SMILES string of the molecule is CC(C)NC1CCN(CCc2ccnn2C)C1. The fourth-order valence-electron chi connectivity index (χ4n) is 2.56. The van der Waals surface area contributed by atoms with E-state index < -0.39 is 0 Å². The molecule has 4 nitrogen and oxygen atoms in total. The lowest BCUT2D eigenvalue weighted by Crippen LogP contribution is -2.37. The predicted octanol–water partition coefficient (Wildman–Crippen LogP) is 1.03. The zero-order valence-electron chi connectivity index (χ0n) is 11.2. The molecule has 2 heterocycles. The Morgan fingerprint density at radius 1 is 1.53 bits per heavy atom. The van der Waals surface area contributed by atoms with E-state index in [9.17, 15) is 0 Å². The fraction of sp³-hybridized carbons (Fsp3) is 0.769. The lowest BCUT2D eigenvalue weighted by molar-refractivity contribution is 0.325. The molecule has 1 aliphatic rings. The summed E-state index contributed by atoms with van der Waals surface area (Å²) in [6.07, 6.45) is 4.26. The van der Waals surface area contributed by atoms with Crippen LogP contribution in [0.15, 0.2) is 12.3 Å². The van der Waals surface area contributed by atoms with Gasteiger partial charge in [0.15, 0.2) is 0 Å². The van der Waals surface area contributed by atoms with Crippen LogP contribution in [-0.4, -0.2) is 46.4 Å². The molecule has 0 amide bonds. The van der Waals surface area contributed by atoms with Crippen LogP contribution in [0.2, 0.25) is 0 Å². The molecule has 0 aliphatic carbocycles. The third-order valence-electron chi connectivity index (χ3n) is 3.45. The van der Waals surface area contributed by atoms with Crippen LogP contribution in [-0.2, 0) is 13.5 Å². The number of hydrogen-bond acceptors (Lipinski definition) is 3. The Bertz CT molecular complexity index is 345. The normalized spacial score (nSPS) is 21.5. The van der Waals surface area contributed by atoms with Crippen LogP contribution in [0.4, 0.5) is 0 Å². The zero-order chi connectivity index (χ0) is 12.3. The lowest BCUT2D eigenvalue weighted by Gasteiger charge is -2.18. The maximum absolute atomic E-state index is 4.20. The molecule has 1 aromatic heterocycles. The maximum atomic E-state index is 4.20. The topological polar surface area (TPSA) is 33.1 Å². The van der Waals surface area contributed by atoms with Crippen molar-refractivity contribution < 1.29 is 0 Å². The van der Waals surface area contributed by atoms with E-state index in [1.807, 2.05) is 17.9 Å². The van der Waals surface area contributed by atoms with Gasteiger partial charge in [-0.3, -0.25) is 4.68 Å². The predicted molar refractivity (Wildman–Crippen MR) is 70.0 cm³/mol. The highest BCUT2D eigenvalue weighted by molar-refractivity contribution is 5.00. The van der Waals surface area contributed by atoms with Gasteiger partial charge in [-0.2, -0.15) is 5.10 Å². The number of nitrogens with zero attached hydrogens (tertiary/aromatic N) is 3. The highest BCUT2D eigenvalue weighted by atomic mass is 15.3. The first-order chi connectivity index (χ1) is 8.15. The quantitative estimate of drug-likeness (QED) is 0.829. The Labute approximate surface area is 104 Å². The van der Waals surface area contributed by atoms with Crippen molar-refractivity contribution in [2.75, 3.05) is 19.6 Å². The van der Waals surface area contributed by atoms with Crippen LogP contribution in [0.5, 0.6) is 0 Å². The Morgan fingerprint density at radius 2 is 2.35 bits per heavy atom. The Kier molecular flexibility index (Phi) is 4.18. The molecule has 1 N–H and O–H groups in total. The number of rotatable bonds is 5. The molecule has 0 saturated carbocycles. The number of likely N-dealkylation sites (tertiary alicyclic amines) is 1. The van der Waals surface area contributed by atoms with E-state index in [1.54, 1.807) is 0 Å². The molecule has 0 bridgehead atoms. The van der Waals surface area contributed by atoms with Crippen LogP contribution in [0.1, 0.15) is 26.0 Å². The first-order valence-electron chi connectivity index (χ1n) is 6.60. The third-order valence-corrected chi connectivity index (χ3v) is 3.45. The third kappa shape index (κ3) is 3.54. The van der Waals surface area contributed by atoms with Gasteiger partial charge in [0, 0.05) is 50.5 Å². The second kappa shape index (κ2) is 5.65. The van der Waals surface area contributed by atoms with Crippen molar-refractivity contribution in [2.45, 2.75) is 38.8 Å². The van der Waals surface area contributed by atoms with Crippen LogP contribution >= 0.6 is 0 Å². The molecule has 17 heavy (non-hydrogen) atoms. The highest BCUT2D eigenvalue weighted by Crippen LogP contribution is 2.10. The van der Waals surface area contributed by atoms with Gasteiger partial charge in [-0.25, -0.2) is 0 Å². The molecule has 0 aromatic carbocycles. The van der Waals surface area contributed by atoms with E-state index in [4.69, 9.17) is 0 Å². The van der Waals surface area contributed by atoms with Crippen LogP contribution in [0.3, 0.4) is 0 Å². The summed E-state index contributed by atoms with van der Waals surface area (Å²) in [6, 6.07) is 3.39. The first-order valence-corrected chi connectivity index (χ1v) is 6.60. The summed E-state index contributed by atoms with van der Waals surface area (Å²) >= 11 is 0. The fourth-order valence-corrected chi connectivity index (χ4v) is 2.56. The van der Waals surface area contributed by atoms with Crippen LogP contribution in [0, 0.1) is 0 Å². The van der Waals surface area contributed by atoms with Gasteiger partial charge in [0.2, 0.25) is 0 Å². The van der Waals surface area contributed by atoms with Gasteiger partial charge in [0.05, 0.1) is 0 Å². The van der Waals surface area contributed by atoms with Crippen molar-refractivity contribution in [2.24, 2.45) is 7.05 Å². The lowest BCUT2D eigenvalue weighted by atomic mass is 10.2. The molecular formula is C13H24N4. The van der Waals surface area contributed by atoms with Crippen molar-refractivity contribution in [3.8, 4) is 0 Å².